The summed E-state index contributed by atoms with van der Waals surface area (Å²) < 4.78 is 10.7. The number of H-pyrrole nitrogens is 1. The van der Waals surface area contributed by atoms with Gasteiger partial charge in [0.15, 0.2) is 11.5 Å². The standard InChI is InChI=1S/C24H24N2O3S/c1-14(2)16-6-8-17(9-7-16)18-13-30-24-22(18)23(27)25-21(26-24)12-15-5-10-19(28-3)20(11-15)29-4/h5-11,13-14H,12H2,1-4H3,(H,25,26,27). The number of hydrogen-bond acceptors (Lipinski definition) is 5. The largest absolute Gasteiger partial charge is 0.493 e. The normalized spacial score (nSPS) is 11.2. The minimum Gasteiger partial charge on any atom is -0.493 e. The molecule has 1 N–H and O–H groups in total. The van der Waals surface area contributed by atoms with Crippen LogP contribution in [-0.4, -0.2) is 24.2 Å². The quantitative estimate of drug-likeness (QED) is 0.455. The van der Waals surface area contributed by atoms with E-state index in [0.29, 0.717) is 35.0 Å². The lowest BCUT2D eigenvalue weighted by atomic mass is 9.99. The zero-order valence-electron chi connectivity index (χ0n) is 17.5. The highest BCUT2D eigenvalue weighted by molar-refractivity contribution is 7.17. The van der Waals surface area contributed by atoms with Crippen molar-refractivity contribution in [1.82, 2.24) is 9.97 Å². The number of ether oxygens (including phenoxy) is 2. The Morgan fingerprint density at radius 3 is 2.43 bits per heavy atom. The second-order valence-electron chi connectivity index (χ2n) is 7.48. The van der Waals surface area contributed by atoms with E-state index in [4.69, 9.17) is 14.5 Å². The second kappa shape index (κ2) is 8.32. The van der Waals surface area contributed by atoms with E-state index >= 15 is 0 Å². The molecule has 0 saturated carbocycles. The first-order chi connectivity index (χ1) is 14.5. The summed E-state index contributed by atoms with van der Waals surface area (Å²) in [6.45, 7) is 4.34. The molecule has 2 heterocycles. The molecular weight excluding hydrogens is 396 g/mol. The Hall–Kier alpha value is -3.12. The molecule has 154 valence electrons. The van der Waals surface area contributed by atoms with E-state index in [1.165, 1.54) is 16.9 Å². The summed E-state index contributed by atoms with van der Waals surface area (Å²) in [5.74, 6) is 2.43. The SMILES string of the molecule is COc1ccc(Cc2nc3scc(-c4ccc(C(C)C)cc4)c3c(=O)[nH]2)cc1OC. The monoisotopic (exact) mass is 420 g/mol. The van der Waals surface area contributed by atoms with Crippen LogP contribution in [0, 0.1) is 0 Å². The van der Waals surface area contributed by atoms with Crippen LogP contribution in [0.5, 0.6) is 11.5 Å². The van der Waals surface area contributed by atoms with E-state index in [1.807, 2.05) is 23.6 Å². The number of aromatic amines is 1. The number of thiophene rings is 1. The lowest BCUT2D eigenvalue weighted by molar-refractivity contribution is 0.354. The number of nitrogens with zero attached hydrogens (tertiary/aromatic N) is 1. The average Bonchev–Trinajstić information content (AvgIpc) is 3.18. The summed E-state index contributed by atoms with van der Waals surface area (Å²) in [5.41, 5.74) is 4.11. The van der Waals surface area contributed by atoms with Gasteiger partial charge in [-0.25, -0.2) is 4.98 Å². The molecule has 2 aromatic carbocycles. The van der Waals surface area contributed by atoms with Gasteiger partial charge in [-0.2, -0.15) is 0 Å². The van der Waals surface area contributed by atoms with E-state index < -0.39 is 0 Å². The molecule has 0 aliphatic rings. The van der Waals surface area contributed by atoms with Crippen LogP contribution in [0.1, 0.15) is 36.7 Å². The Morgan fingerprint density at radius 2 is 1.77 bits per heavy atom. The maximum absolute atomic E-state index is 12.9. The highest BCUT2D eigenvalue weighted by Crippen LogP contribution is 2.32. The van der Waals surface area contributed by atoms with Gasteiger partial charge in [-0.1, -0.05) is 44.2 Å². The summed E-state index contributed by atoms with van der Waals surface area (Å²) in [7, 11) is 3.21. The van der Waals surface area contributed by atoms with Crippen molar-refractivity contribution in [2.75, 3.05) is 14.2 Å². The minimum atomic E-state index is -0.111. The Kier molecular flexibility index (Phi) is 5.59. The molecule has 5 nitrogen and oxygen atoms in total. The third kappa shape index (κ3) is 3.83. The van der Waals surface area contributed by atoms with E-state index in [1.54, 1.807) is 14.2 Å². The smallest absolute Gasteiger partial charge is 0.260 e. The first-order valence-corrected chi connectivity index (χ1v) is 10.7. The fourth-order valence-corrected chi connectivity index (χ4v) is 4.49. The molecule has 0 radical (unpaired) electrons. The Labute approximate surface area is 179 Å². The molecule has 0 bridgehead atoms. The first-order valence-electron chi connectivity index (χ1n) is 9.81. The summed E-state index contributed by atoms with van der Waals surface area (Å²) in [4.78, 5) is 21.3. The summed E-state index contributed by atoms with van der Waals surface area (Å²) in [5, 5.41) is 2.66. The van der Waals surface area contributed by atoms with Gasteiger partial charge < -0.3 is 14.5 Å². The summed E-state index contributed by atoms with van der Waals surface area (Å²) >= 11 is 1.50. The van der Waals surface area contributed by atoms with Crippen LogP contribution in [0.3, 0.4) is 0 Å². The van der Waals surface area contributed by atoms with Gasteiger partial charge in [-0.05, 0) is 34.7 Å². The van der Waals surface area contributed by atoms with Crippen LogP contribution < -0.4 is 15.0 Å². The van der Waals surface area contributed by atoms with Gasteiger partial charge in [0.05, 0.1) is 19.6 Å². The zero-order chi connectivity index (χ0) is 21.3. The average molecular weight is 421 g/mol. The van der Waals surface area contributed by atoms with Gasteiger partial charge in [-0.3, -0.25) is 4.79 Å². The van der Waals surface area contributed by atoms with Gasteiger partial charge >= 0.3 is 0 Å². The van der Waals surface area contributed by atoms with Crippen molar-refractivity contribution in [2.45, 2.75) is 26.2 Å². The van der Waals surface area contributed by atoms with Crippen molar-refractivity contribution in [1.29, 1.82) is 0 Å². The first kappa shape index (κ1) is 20.2. The van der Waals surface area contributed by atoms with Crippen molar-refractivity contribution < 1.29 is 9.47 Å². The molecule has 0 amide bonds. The number of rotatable bonds is 6. The van der Waals surface area contributed by atoms with E-state index in [0.717, 1.165) is 21.5 Å². The molecule has 30 heavy (non-hydrogen) atoms. The molecule has 4 aromatic rings. The third-order valence-electron chi connectivity index (χ3n) is 5.20. The molecule has 4 rings (SSSR count). The molecular formula is C24H24N2O3S. The van der Waals surface area contributed by atoms with Gasteiger partial charge in [0.1, 0.15) is 10.7 Å². The van der Waals surface area contributed by atoms with Gasteiger partial charge in [0, 0.05) is 17.4 Å². The second-order valence-corrected chi connectivity index (χ2v) is 8.34. The van der Waals surface area contributed by atoms with Crippen molar-refractivity contribution in [3.05, 3.63) is 75.1 Å². The predicted molar refractivity (Wildman–Crippen MR) is 122 cm³/mol. The molecule has 0 atom stereocenters. The summed E-state index contributed by atoms with van der Waals surface area (Å²) in [6, 6.07) is 14.1. The fraction of sp³-hybridized carbons (Fsp3) is 0.250. The number of nitrogens with one attached hydrogen (secondary N) is 1. The van der Waals surface area contributed by atoms with Crippen molar-refractivity contribution in [3.63, 3.8) is 0 Å². The number of methoxy groups -OCH3 is 2. The predicted octanol–water partition coefficient (Wildman–Crippen LogP) is 5.38. The van der Waals surface area contributed by atoms with Crippen LogP contribution in [0.2, 0.25) is 0 Å². The van der Waals surface area contributed by atoms with Crippen LogP contribution in [-0.2, 0) is 6.42 Å². The van der Waals surface area contributed by atoms with E-state index in [9.17, 15) is 4.79 Å². The number of benzene rings is 2. The Bertz CT molecular complexity index is 1240. The molecule has 2 aromatic heterocycles. The topological polar surface area (TPSA) is 64.2 Å². The molecule has 0 fully saturated rings. The number of fused-ring (bicyclic) bond motifs is 1. The lowest BCUT2D eigenvalue weighted by Crippen LogP contribution is -2.11. The van der Waals surface area contributed by atoms with Crippen LogP contribution in [0.15, 0.2) is 52.6 Å². The van der Waals surface area contributed by atoms with Crippen LogP contribution >= 0.6 is 11.3 Å². The van der Waals surface area contributed by atoms with Gasteiger partial charge in [0.25, 0.3) is 5.56 Å². The molecule has 0 aliphatic carbocycles. The Balaban J connectivity index is 1.68. The molecule has 0 saturated heterocycles. The zero-order valence-corrected chi connectivity index (χ0v) is 18.3. The van der Waals surface area contributed by atoms with Crippen molar-refractivity contribution >= 4 is 21.6 Å². The third-order valence-corrected chi connectivity index (χ3v) is 6.07. The van der Waals surface area contributed by atoms with Gasteiger partial charge in [-0.15, -0.1) is 11.3 Å². The van der Waals surface area contributed by atoms with Crippen molar-refractivity contribution in [2.24, 2.45) is 0 Å². The van der Waals surface area contributed by atoms with E-state index in [2.05, 4.69) is 43.1 Å². The molecule has 6 heteroatoms. The minimum absolute atomic E-state index is 0.111. The molecule has 0 aliphatic heterocycles. The lowest BCUT2D eigenvalue weighted by Gasteiger charge is -2.09. The number of hydrogen-bond donors (Lipinski definition) is 1. The van der Waals surface area contributed by atoms with Gasteiger partial charge in [0.2, 0.25) is 0 Å². The van der Waals surface area contributed by atoms with Crippen LogP contribution in [0.25, 0.3) is 21.3 Å². The van der Waals surface area contributed by atoms with Crippen LogP contribution in [0.4, 0.5) is 0 Å². The fourth-order valence-electron chi connectivity index (χ4n) is 3.52. The summed E-state index contributed by atoms with van der Waals surface area (Å²) in [6.07, 6.45) is 0.502. The van der Waals surface area contributed by atoms with E-state index in [-0.39, 0.29) is 5.56 Å². The molecule has 0 unspecified atom stereocenters. The maximum atomic E-state index is 12.9. The number of aromatic nitrogens is 2. The highest BCUT2D eigenvalue weighted by atomic mass is 32.1. The highest BCUT2D eigenvalue weighted by Gasteiger charge is 2.14. The Morgan fingerprint density at radius 1 is 1.03 bits per heavy atom. The maximum Gasteiger partial charge on any atom is 0.260 e. The molecule has 0 spiro atoms. The van der Waals surface area contributed by atoms with Crippen molar-refractivity contribution in [3.8, 4) is 22.6 Å².